The fourth-order valence-corrected chi connectivity index (χ4v) is 4.01. The van der Waals surface area contributed by atoms with Crippen LogP contribution in [0.15, 0.2) is 24.4 Å². The van der Waals surface area contributed by atoms with Crippen LogP contribution in [0.25, 0.3) is 5.82 Å². The Labute approximate surface area is 142 Å². The molecule has 0 spiro atoms. The zero-order valence-corrected chi connectivity index (χ0v) is 14.3. The zero-order chi connectivity index (χ0) is 16.4. The molecule has 6 heteroatoms. The van der Waals surface area contributed by atoms with Crippen LogP contribution in [0, 0.1) is 5.92 Å². The molecule has 0 unspecified atom stereocenters. The average Bonchev–Trinajstić information content (AvgIpc) is 3.34. The topological polar surface area (TPSA) is 56.1 Å². The van der Waals surface area contributed by atoms with E-state index in [0.717, 1.165) is 42.4 Å². The van der Waals surface area contributed by atoms with Gasteiger partial charge in [-0.15, -0.1) is 5.10 Å². The SMILES string of the molecule is CCOCc1nc(CCN2C[C@@H]3CC[C@H]2C3)n(-c2ccccn2)n1. The standard InChI is InChI=1S/C18H25N5O/c1-2-24-13-16-20-18(23(21-16)17-5-3-4-9-19-17)8-10-22-12-14-6-7-15(22)11-14/h3-5,9,14-15H,2,6-8,10-13H2,1H3/t14-,15+/m1/s1. The van der Waals surface area contributed by atoms with Gasteiger partial charge in [-0.05, 0) is 44.2 Å². The summed E-state index contributed by atoms with van der Waals surface area (Å²) in [5, 5.41) is 4.61. The lowest BCUT2D eigenvalue weighted by molar-refractivity contribution is 0.128. The highest BCUT2D eigenvalue weighted by atomic mass is 16.5. The third kappa shape index (κ3) is 3.21. The van der Waals surface area contributed by atoms with E-state index < -0.39 is 0 Å². The highest BCUT2D eigenvalue weighted by molar-refractivity contribution is 5.22. The van der Waals surface area contributed by atoms with E-state index in [4.69, 9.17) is 9.72 Å². The Hall–Kier alpha value is -1.79. The second kappa shape index (κ2) is 6.99. The number of hydrogen-bond acceptors (Lipinski definition) is 5. The quantitative estimate of drug-likeness (QED) is 0.780. The molecular formula is C18H25N5O. The molecule has 1 saturated carbocycles. The minimum atomic E-state index is 0.456. The monoisotopic (exact) mass is 327 g/mol. The molecule has 0 N–H and O–H groups in total. The molecule has 2 bridgehead atoms. The highest BCUT2D eigenvalue weighted by Gasteiger charge is 2.37. The van der Waals surface area contributed by atoms with Crippen molar-refractivity contribution < 1.29 is 4.74 Å². The molecule has 0 amide bonds. The number of likely N-dealkylation sites (tertiary alicyclic amines) is 1. The normalized spacial score (nSPS) is 23.2. The van der Waals surface area contributed by atoms with Crippen LogP contribution < -0.4 is 0 Å². The number of fused-ring (bicyclic) bond motifs is 2. The van der Waals surface area contributed by atoms with Gasteiger partial charge in [0.15, 0.2) is 11.6 Å². The first-order chi connectivity index (χ1) is 11.8. The Morgan fingerprint density at radius 2 is 2.25 bits per heavy atom. The van der Waals surface area contributed by atoms with Crippen LogP contribution in [-0.2, 0) is 17.8 Å². The Kier molecular flexibility index (Phi) is 4.58. The van der Waals surface area contributed by atoms with Crippen LogP contribution in [0.1, 0.15) is 37.8 Å². The van der Waals surface area contributed by atoms with Crippen LogP contribution in [0.4, 0.5) is 0 Å². The van der Waals surface area contributed by atoms with Crippen molar-refractivity contribution in [2.24, 2.45) is 5.92 Å². The molecule has 3 heterocycles. The van der Waals surface area contributed by atoms with Crippen molar-refractivity contribution in [1.29, 1.82) is 0 Å². The van der Waals surface area contributed by atoms with E-state index in [1.807, 2.05) is 29.8 Å². The predicted octanol–water partition coefficient (Wildman–Crippen LogP) is 2.23. The van der Waals surface area contributed by atoms with Gasteiger partial charge in [0, 0.05) is 38.4 Å². The van der Waals surface area contributed by atoms with Gasteiger partial charge in [-0.25, -0.2) is 9.97 Å². The van der Waals surface area contributed by atoms with Gasteiger partial charge in [-0.2, -0.15) is 4.68 Å². The van der Waals surface area contributed by atoms with E-state index >= 15 is 0 Å². The first-order valence-electron chi connectivity index (χ1n) is 9.01. The summed E-state index contributed by atoms with van der Waals surface area (Å²) >= 11 is 0. The van der Waals surface area contributed by atoms with Gasteiger partial charge in [-0.1, -0.05) is 6.07 Å². The van der Waals surface area contributed by atoms with Crippen molar-refractivity contribution in [1.82, 2.24) is 24.6 Å². The van der Waals surface area contributed by atoms with E-state index in [2.05, 4.69) is 15.0 Å². The summed E-state index contributed by atoms with van der Waals surface area (Å²) in [5.41, 5.74) is 0. The third-order valence-electron chi connectivity index (χ3n) is 5.16. The summed E-state index contributed by atoms with van der Waals surface area (Å²) in [7, 11) is 0. The minimum absolute atomic E-state index is 0.456. The first kappa shape index (κ1) is 15.7. The zero-order valence-electron chi connectivity index (χ0n) is 14.3. The molecule has 0 aromatic carbocycles. The summed E-state index contributed by atoms with van der Waals surface area (Å²) in [4.78, 5) is 11.8. The summed E-state index contributed by atoms with van der Waals surface area (Å²) in [6.07, 6.45) is 6.88. The molecule has 0 radical (unpaired) electrons. The number of piperidine rings is 1. The summed E-state index contributed by atoms with van der Waals surface area (Å²) in [5.74, 6) is 3.47. The molecule has 2 atom stereocenters. The van der Waals surface area contributed by atoms with Gasteiger partial charge < -0.3 is 4.74 Å². The molecule has 1 saturated heterocycles. The highest BCUT2D eigenvalue weighted by Crippen LogP contribution is 2.37. The lowest BCUT2D eigenvalue weighted by atomic mass is 10.1. The van der Waals surface area contributed by atoms with Crippen molar-refractivity contribution in [3.63, 3.8) is 0 Å². The predicted molar refractivity (Wildman–Crippen MR) is 90.9 cm³/mol. The van der Waals surface area contributed by atoms with Crippen LogP contribution >= 0.6 is 0 Å². The van der Waals surface area contributed by atoms with Crippen molar-refractivity contribution in [2.45, 2.75) is 45.3 Å². The molecule has 4 rings (SSSR count). The number of aromatic nitrogens is 4. The van der Waals surface area contributed by atoms with Crippen LogP contribution in [0.5, 0.6) is 0 Å². The summed E-state index contributed by atoms with van der Waals surface area (Å²) in [6.45, 7) is 5.43. The summed E-state index contributed by atoms with van der Waals surface area (Å²) in [6, 6.07) is 6.67. The van der Waals surface area contributed by atoms with E-state index in [9.17, 15) is 0 Å². The van der Waals surface area contributed by atoms with Crippen LogP contribution in [0.2, 0.25) is 0 Å². The number of ether oxygens (including phenoxy) is 1. The van der Waals surface area contributed by atoms with Crippen LogP contribution in [-0.4, -0.2) is 50.4 Å². The van der Waals surface area contributed by atoms with Crippen molar-refractivity contribution in [3.05, 3.63) is 36.0 Å². The molecule has 6 nitrogen and oxygen atoms in total. The Balaban J connectivity index is 1.50. The third-order valence-corrected chi connectivity index (χ3v) is 5.16. The number of hydrogen-bond donors (Lipinski definition) is 0. The molecule has 2 aromatic rings. The second-order valence-electron chi connectivity index (χ2n) is 6.76. The average molecular weight is 327 g/mol. The van der Waals surface area contributed by atoms with Gasteiger partial charge in [0.1, 0.15) is 12.4 Å². The number of nitrogens with zero attached hydrogens (tertiary/aromatic N) is 5. The van der Waals surface area contributed by atoms with E-state index in [0.29, 0.717) is 13.2 Å². The fourth-order valence-electron chi connectivity index (χ4n) is 4.01. The van der Waals surface area contributed by atoms with Gasteiger partial charge in [0.05, 0.1) is 0 Å². The van der Waals surface area contributed by atoms with Crippen LogP contribution in [0.3, 0.4) is 0 Å². The molecule has 24 heavy (non-hydrogen) atoms. The van der Waals surface area contributed by atoms with Gasteiger partial charge >= 0.3 is 0 Å². The van der Waals surface area contributed by atoms with E-state index in [1.54, 1.807) is 6.20 Å². The molecule has 2 fully saturated rings. The maximum atomic E-state index is 5.47. The molecular weight excluding hydrogens is 302 g/mol. The van der Waals surface area contributed by atoms with E-state index in [-0.39, 0.29) is 0 Å². The van der Waals surface area contributed by atoms with Crippen molar-refractivity contribution in [2.75, 3.05) is 19.7 Å². The molecule has 1 aliphatic heterocycles. The van der Waals surface area contributed by atoms with E-state index in [1.165, 1.54) is 25.8 Å². The van der Waals surface area contributed by atoms with Gasteiger partial charge in [0.25, 0.3) is 0 Å². The maximum absolute atomic E-state index is 5.47. The largest absolute Gasteiger partial charge is 0.374 e. The Morgan fingerprint density at radius 3 is 2.96 bits per heavy atom. The summed E-state index contributed by atoms with van der Waals surface area (Å²) < 4.78 is 7.35. The smallest absolute Gasteiger partial charge is 0.177 e. The fraction of sp³-hybridized carbons (Fsp3) is 0.611. The van der Waals surface area contributed by atoms with Gasteiger partial charge in [-0.3, -0.25) is 4.90 Å². The van der Waals surface area contributed by atoms with Gasteiger partial charge in [0.2, 0.25) is 0 Å². The first-order valence-corrected chi connectivity index (χ1v) is 9.01. The second-order valence-corrected chi connectivity index (χ2v) is 6.76. The Bertz CT molecular complexity index is 671. The minimum Gasteiger partial charge on any atom is -0.374 e. The molecule has 2 aromatic heterocycles. The maximum Gasteiger partial charge on any atom is 0.177 e. The molecule has 2 aliphatic rings. The lowest BCUT2D eigenvalue weighted by Crippen LogP contribution is -2.34. The number of rotatable bonds is 7. The molecule has 1 aliphatic carbocycles. The Morgan fingerprint density at radius 1 is 1.29 bits per heavy atom. The van der Waals surface area contributed by atoms with Crippen molar-refractivity contribution in [3.8, 4) is 5.82 Å². The van der Waals surface area contributed by atoms with Crippen molar-refractivity contribution >= 4 is 0 Å². The molecule has 128 valence electrons. The lowest BCUT2D eigenvalue weighted by Gasteiger charge is -2.26. The number of pyridine rings is 1.